The van der Waals surface area contributed by atoms with Gasteiger partial charge < -0.3 is 24.1 Å². The lowest BCUT2D eigenvalue weighted by Crippen LogP contribution is -2.37. The van der Waals surface area contributed by atoms with Crippen LogP contribution in [0.15, 0.2) is 60.7 Å². The van der Waals surface area contributed by atoms with Crippen molar-refractivity contribution < 1.29 is 24.1 Å². The van der Waals surface area contributed by atoms with Crippen LogP contribution in [0.25, 0.3) is 0 Å². The Morgan fingerprint density at radius 2 is 1.46 bits per heavy atom. The summed E-state index contributed by atoms with van der Waals surface area (Å²) in [5, 5.41) is 11.7. The molecular formula is C30H38ClNO5. The number of aliphatic hydroxyl groups excluding tert-OH is 1. The minimum absolute atomic E-state index is 0.106. The van der Waals surface area contributed by atoms with Gasteiger partial charge in [0.05, 0.1) is 33.5 Å². The Hall–Kier alpha value is -2.93. The third-order valence-electron chi connectivity index (χ3n) is 6.24. The maximum Gasteiger partial charge on any atom is 0.161 e. The lowest BCUT2D eigenvalue weighted by Gasteiger charge is -2.32. The SMILES string of the molecule is CCOc1ccc(CN(CC(O)c2cccc(Cl)c2)[C@H](C)Cc2ccc(OC)c(OC)c2)cc1OCC. The van der Waals surface area contributed by atoms with Crippen LogP contribution in [0.1, 0.15) is 43.6 Å². The van der Waals surface area contributed by atoms with E-state index in [0.717, 1.165) is 34.6 Å². The van der Waals surface area contributed by atoms with Crippen LogP contribution in [-0.4, -0.2) is 50.0 Å². The lowest BCUT2D eigenvalue weighted by atomic mass is 10.0. The van der Waals surface area contributed by atoms with Crippen molar-refractivity contribution in [1.82, 2.24) is 4.90 Å². The maximum absolute atomic E-state index is 11.1. The second kappa shape index (κ2) is 14.1. The van der Waals surface area contributed by atoms with Gasteiger partial charge in [0.1, 0.15) is 0 Å². The number of aliphatic hydroxyl groups is 1. The largest absolute Gasteiger partial charge is 0.493 e. The van der Waals surface area contributed by atoms with Gasteiger partial charge in [-0.15, -0.1) is 0 Å². The first kappa shape index (κ1) is 28.6. The average Bonchev–Trinajstić information content (AvgIpc) is 2.89. The molecule has 0 aliphatic heterocycles. The molecule has 3 rings (SSSR count). The van der Waals surface area contributed by atoms with E-state index in [9.17, 15) is 5.11 Å². The zero-order valence-electron chi connectivity index (χ0n) is 22.4. The minimum atomic E-state index is -0.694. The van der Waals surface area contributed by atoms with E-state index in [-0.39, 0.29) is 6.04 Å². The van der Waals surface area contributed by atoms with Crippen molar-refractivity contribution in [2.45, 2.75) is 45.9 Å². The van der Waals surface area contributed by atoms with Gasteiger partial charge in [0.2, 0.25) is 0 Å². The van der Waals surface area contributed by atoms with Gasteiger partial charge in [-0.1, -0.05) is 35.9 Å². The molecule has 1 unspecified atom stereocenters. The quantitative estimate of drug-likeness (QED) is 0.265. The van der Waals surface area contributed by atoms with Gasteiger partial charge in [-0.05, 0) is 80.3 Å². The van der Waals surface area contributed by atoms with Crippen molar-refractivity contribution in [3.8, 4) is 23.0 Å². The van der Waals surface area contributed by atoms with Gasteiger partial charge >= 0.3 is 0 Å². The first-order chi connectivity index (χ1) is 17.9. The molecule has 1 N–H and O–H groups in total. The van der Waals surface area contributed by atoms with E-state index in [1.54, 1.807) is 14.2 Å². The Bertz CT molecular complexity index is 1140. The fourth-order valence-electron chi connectivity index (χ4n) is 4.35. The zero-order chi connectivity index (χ0) is 26.8. The Labute approximate surface area is 225 Å². The van der Waals surface area contributed by atoms with E-state index in [0.29, 0.717) is 42.8 Å². The van der Waals surface area contributed by atoms with Crippen LogP contribution >= 0.6 is 11.6 Å². The second-order valence-electron chi connectivity index (χ2n) is 8.89. The summed E-state index contributed by atoms with van der Waals surface area (Å²) in [6.45, 7) is 8.26. The summed E-state index contributed by atoms with van der Waals surface area (Å²) in [7, 11) is 3.27. The summed E-state index contributed by atoms with van der Waals surface area (Å²) in [5.74, 6) is 2.86. The van der Waals surface area contributed by atoms with Crippen molar-refractivity contribution in [2.75, 3.05) is 34.0 Å². The predicted octanol–water partition coefficient (Wildman–Crippen LogP) is 6.32. The van der Waals surface area contributed by atoms with Gasteiger partial charge in [0, 0.05) is 24.2 Å². The highest BCUT2D eigenvalue weighted by Gasteiger charge is 2.21. The van der Waals surface area contributed by atoms with Crippen molar-refractivity contribution in [2.24, 2.45) is 0 Å². The number of nitrogens with zero attached hydrogens (tertiary/aromatic N) is 1. The molecule has 0 amide bonds. The Kier molecular flexibility index (Phi) is 10.9. The molecule has 0 saturated heterocycles. The van der Waals surface area contributed by atoms with Crippen LogP contribution in [0.5, 0.6) is 23.0 Å². The van der Waals surface area contributed by atoms with Crippen molar-refractivity contribution in [1.29, 1.82) is 0 Å². The van der Waals surface area contributed by atoms with Crippen LogP contribution in [-0.2, 0) is 13.0 Å². The standard InChI is InChI=1S/C30H38ClNO5/c1-6-36-28-14-12-23(17-30(28)37-7-2)19-32(20-26(33)24-9-8-10-25(31)18-24)21(3)15-22-11-13-27(34-4)29(16-22)35-5/h8-14,16-18,21,26,33H,6-7,15,19-20H2,1-5H3/t21-,26?/m1/s1. The fraction of sp³-hybridized carbons (Fsp3) is 0.400. The third kappa shape index (κ3) is 8.03. The van der Waals surface area contributed by atoms with E-state index in [1.807, 2.05) is 68.4 Å². The average molecular weight is 528 g/mol. The van der Waals surface area contributed by atoms with E-state index >= 15 is 0 Å². The normalized spacial score (nSPS) is 12.8. The van der Waals surface area contributed by atoms with Gasteiger partial charge in [-0.3, -0.25) is 4.90 Å². The smallest absolute Gasteiger partial charge is 0.161 e. The number of hydrogen-bond acceptors (Lipinski definition) is 6. The summed E-state index contributed by atoms with van der Waals surface area (Å²) in [6, 6.07) is 19.5. The van der Waals surface area contributed by atoms with Crippen LogP contribution in [0.4, 0.5) is 0 Å². The molecule has 0 heterocycles. The number of rotatable bonds is 14. The molecule has 0 saturated carbocycles. The molecule has 2 atom stereocenters. The summed E-state index contributed by atoms with van der Waals surface area (Å²) >= 11 is 6.19. The minimum Gasteiger partial charge on any atom is -0.493 e. The highest BCUT2D eigenvalue weighted by Crippen LogP contribution is 2.31. The summed E-state index contributed by atoms with van der Waals surface area (Å²) < 4.78 is 22.5. The molecule has 3 aromatic rings. The monoisotopic (exact) mass is 527 g/mol. The first-order valence-electron chi connectivity index (χ1n) is 12.6. The number of benzene rings is 3. The predicted molar refractivity (Wildman–Crippen MR) is 148 cm³/mol. The molecule has 3 aromatic carbocycles. The summed E-state index contributed by atoms with van der Waals surface area (Å²) in [6.07, 6.45) is 0.0680. The molecular weight excluding hydrogens is 490 g/mol. The maximum atomic E-state index is 11.1. The Morgan fingerprint density at radius 3 is 2.14 bits per heavy atom. The van der Waals surface area contributed by atoms with E-state index in [2.05, 4.69) is 17.9 Å². The van der Waals surface area contributed by atoms with Crippen molar-refractivity contribution >= 4 is 11.6 Å². The molecule has 6 nitrogen and oxygen atoms in total. The fourth-order valence-corrected chi connectivity index (χ4v) is 4.55. The van der Waals surface area contributed by atoms with Gasteiger partial charge in [0.15, 0.2) is 23.0 Å². The second-order valence-corrected chi connectivity index (χ2v) is 9.33. The topological polar surface area (TPSA) is 60.4 Å². The van der Waals surface area contributed by atoms with Crippen LogP contribution in [0, 0.1) is 0 Å². The summed E-state index contributed by atoms with van der Waals surface area (Å²) in [5.41, 5.74) is 2.98. The molecule has 200 valence electrons. The highest BCUT2D eigenvalue weighted by molar-refractivity contribution is 6.30. The van der Waals surface area contributed by atoms with Crippen LogP contribution in [0.3, 0.4) is 0 Å². The molecule has 0 bridgehead atoms. The van der Waals surface area contributed by atoms with E-state index in [1.165, 1.54) is 0 Å². The molecule has 0 radical (unpaired) electrons. The Morgan fingerprint density at radius 1 is 0.811 bits per heavy atom. The lowest BCUT2D eigenvalue weighted by molar-refractivity contribution is 0.0858. The van der Waals surface area contributed by atoms with Crippen LogP contribution < -0.4 is 18.9 Å². The van der Waals surface area contributed by atoms with E-state index in [4.69, 9.17) is 30.5 Å². The van der Waals surface area contributed by atoms with Gasteiger partial charge in [0.25, 0.3) is 0 Å². The molecule has 0 aromatic heterocycles. The zero-order valence-corrected chi connectivity index (χ0v) is 23.1. The molecule has 7 heteroatoms. The van der Waals surface area contributed by atoms with E-state index < -0.39 is 6.10 Å². The molecule has 0 spiro atoms. The number of ether oxygens (including phenoxy) is 4. The molecule has 0 aliphatic carbocycles. The molecule has 0 fully saturated rings. The first-order valence-corrected chi connectivity index (χ1v) is 13.0. The number of methoxy groups -OCH3 is 2. The highest BCUT2D eigenvalue weighted by atomic mass is 35.5. The summed E-state index contributed by atoms with van der Waals surface area (Å²) in [4.78, 5) is 2.27. The van der Waals surface area contributed by atoms with Crippen LogP contribution in [0.2, 0.25) is 5.02 Å². The van der Waals surface area contributed by atoms with Crippen molar-refractivity contribution in [3.63, 3.8) is 0 Å². The van der Waals surface area contributed by atoms with Gasteiger partial charge in [-0.25, -0.2) is 0 Å². The molecule has 0 aliphatic rings. The number of hydrogen-bond donors (Lipinski definition) is 1. The number of halogens is 1. The molecule has 37 heavy (non-hydrogen) atoms. The third-order valence-corrected chi connectivity index (χ3v) is 6.47. The van der Waals surface area contributed by atoms with Crippen molar-refractivity contribution in [3.05, 3.63) is 82.4 Å². The Balaban J connectivity index is 1.87. The van der Waals surface area contributed by atoms with Gasteiger partial charge in [-0.2, -0.15) is 0 Å².